The van der Waals surface area contributed by atoms with Gasteiger partial charge in [0.25, 0.3) is 0 Å². The van der Waals surface area contributed by atoms with Crippen LogP contribution < -0.4 is 15.1 Å². The average molecular weight is 483 g/mol. The minimum absolute atomic E-state index is 0.233. The molecule has 10 nitrogen and oxygen atoms in total. The number of hydrogen-bond acceptors (Lipinski definition) is 10. The molecule has 1 saturated heterocycles. The summed E-state index contributed by atoms with van der Waals surface area (Å²) >= 11 is 0. The van der Waals surface area contributed by atoms with Crippen LogP contribution in [0.1, 0.15) is 11.3 Å². The lowest BCUT2D eigenvalue weighted by Gasteiger charge is -2.28. The molecule has 1 aliphatic rings. The van der Waals surface area contributed by atoms with Gasteiger partial charge in [0.05, 0.1) is 30.9 Å². The first kappa shape index (κ1) is 23.6. The Labute approximate surface area is 198 Å². The van der Waals surface area contributed by atoms with E-state index in [0.29, 0.717) is 56.5 Å². The minimum Gasteiger partial charge on any atom is -0.463 e. The van der Waals surface area contributed by atoms with E-state index in [2.05, 4.69) is 30.4 Å². The molecule has 11 heteroatoms. The molecule has 3 aromatic rings. The first-order valence-electron chi connectivity index (χ1n) is 10.8. The maximum atomic E-state index is 11.8. The molecule has 34 heavy (non-hydrogen) atoms. The van der Waals surface area contributed by atoms with Crippen LogP contribution in [0.5, 0.6) is 6.01 Å². The van der Waals surface area contributed by atoms with E-state index < -0.39 is 9.84 Å². The van der Waals surface area contributed by atoms with Gasteiger partial charge in [-0.25, -0.2) is 8.42 Å². The third kappa shape index (κ3) is 6.72. The summed E-state index contributed by atoms with van der Waals surface area (Å²) in [4.78, 5) is 15.6. The van der Waals surface area contributed by atoms with Crippen LogP contribution in [0.2, 0.25) is 0 Å². The Kier molecular flexibility index (Phi) is 7.65. The number of ether oxygens (including phenoxy) is 2. The molecule has 0 unspecified atom stereocenters. The van der Waals surface area contributed by atoms with Gasteiger partial charge in [0.2, 0.25) is 0 Å². The summed E-state index contributed by atoms with van der Waals surface area (Å²) in [5.74, 6) is 1.17. The maximum absolute atomic E-state index is 11.8. The van der Waals surface area contributed by atoms with Gasteiger partial charge < -0.3 is 14.4 Å². The summed E-state index contributed by atoms with van der Waals surface area (Å²) in [6, 6.07) is 14.3. The lowest BCUT2D eigenvalue weighted by atomic mass is 10.2. The first-order chi connectivity index (χ1) is 16.5. The fraction of sp³-hybridized carbons (Fsp3) is 0.304. The van der Waals surface area contributed by atoms with Crippen molar-refractivity contribution < 1.29 is 17.9 Å². The molecule has 0 aliphatic carbocycles. The van der Waals surface area contributed by atoms with Gasteiger partial charge >= 0.3 is 6.01 Å². The fourth-order valence-corrected chi connectivity index (χ4v) is 3.96. The molecule has 3 heterocycles. The molecule has 2 aromatic heterocycles. The number of nitrogens with zero attached hydrogens (tertiary/aromatic N) is 5. The number of sulfone groups is 1. The molecule has 0 amide bonds. The van der Waals surface area contributed by atoms with E-state index in [0.717, 1.165) is 5.69 Å². The predicted octanol–water partition coefficient (Wildman–Crippen LogP) is 2.18. The zero-order valence-corrected chi connectivity index (χ0v) is 19.6. The number of hydrazone groups is 1. The van der Waals surface area contributed by atoms with Gasteiger partial charge in [0, 0.05) is 43.7 Å². The zero-order chi connectivity index (χ0) is 23.8. The number of anilines is 2. The molecule has 1 N–H and O–H groups in total. The number of aromatic nitrogens is 3. The van der Waals surface area contributed by atoms with E-state index in [9.17, 15) is 8.42 Å². The van der Waals surface area contributed by atoms with Crippen molar-refractivity contribution >= 4 is 27.7 Å². The van der Waals surface area contributed by atoms with Crippen molar-refractivity contribution in [3.8, 4) is 6.01 Å². The van der Waals surface area contributed by atoms with E-state index in [-0.39, 0.29) is 10.9 Å². The largest absolute Gasteiger partial charge is 0.463 e. The second-order valence-corrected chi connectivity index (χ2v) is 9.64. The molecule has 0 radical (unpaired) electrons. The van der Waals surface area contributed by atoms with Crippen LogP contribution in [0.25, 0.3) is 0 Å². The van der Waals surface area contributed by atoms with Crippen molar-refractivity contribution in [1.29, 1.82) is 0 Å². The van der Waals surface area contributed by atoms with Crippen molar-refractivity contribution in [2.45, 2.75) is 11.3 Å². The van der Waals surface area contributed by atoms with Crippen molar-refractivity contribution in [3.63, 3.8) is 0 Å². The highest BCUT2D eigenvalue weighted by Crippen LogP contribution is 2.21. The highest BCUT2D eigenvalue weighted by Gasteiger charge is 2.16. The highest BCUT2D eigenvalue weighted by atomic mass is 32.2. The standard InChI is InChI=1S/C23H26N6O4S/c1-34(30,31)20-7-4-5-18(15-20)17-25-28-21-16-22(29-10-13-32-14-11-29)27-23(26-21)33-12-8-19-6-2-3-9-24-19/h2-7,9,15-17H,8,10-14H2,1H3,(H,26,27,28)/b25-17+. The highest BCUT2D eigenvalue weighted by molar-refractivity contribution is 7.90. The predicted molar refractivity (Wildman–Crippen MR) is 129 cm³/mol. The van der Waals surface area contributed by atoms with Gasteiger partial charge in [-0.3, -0.25) is 10.4 Å². The van der Waals surface area contributed by atoms with Crippen LogP contribution in [0, 0.1) is 0 Å². The second-order valence-electron chi connectivity index (χ2n) is 7.63. The molecule has 1 aliphatic heterocycles. The molecule has 178 valence electrons. The van der Waals surface area contributed by atoms with Crippen LogP contribution in [0.3, 0.4) is 0 Å². The van der Waals surface area contributed by atoms with Crippen LogP contribution >= 0.6 is 0 Å². The molecule has 0 saturated carbocycles. The summed E-state index contributed by atoms with van der Waals surface area (Å²) in [5.41, 5.74) is 4.46. The van der Waals surface area contributed by atoms with Gasteiger partial charge in [-0.2, -0.15) is 15.1 Å². The summed E-state index contributed by atoms with van der Waals surface area (Å²) in [6.45, 7) is 3.05. The smallest absolute Gasteiger partial charge is 0.320 e. The van der Waals surface area contributed by atoms with E-state index >= 15 is 0 Å². The number of morpholine rings is 1. The Hall–Kier alpha value is -3.57. The molecule has 0 spiro atoms. The van der Waals surface area contributed by atoms with Crippen molar-refractivity contribution in [1.82, 2.24) is 15.0 Å². The third-order valence-electron chi connectivity index (χ3n) is 5.02. The lowest BCUT2D eigenvalue weighted by Crippen LogP contribution is -2.36. The normalized spacial score (nSPS) is 14.3. The molecule has 0 bridgehead atoms. The fourth-order valence-electron chi connectivity index (χ4n) is 3.28. The summed E-state index contributed by atoms with van der Waals surface area (Å²) in [5, 5.41) is 4.22. The summed E-state index contributed by atoms with van der Waals surface area (Å²) < 4.78 is 34.8. The first-order valence-corrected chi connectivity index (χ1v) is 12.7. The number of nitrogens with one attached hydrogen (secondary N) is 1. The van der Waals surface area contributed by atoms with Crippen molar-refractivity contribution in [3.05, 3.63) is 66.0 Å². The molecular formula is C23H26N6O4S. The van der Waals surface area contributed by atoms with Gasteiger partial charge in [-0.05, 0) is 29.8 Å². The summed E-state index contributed by atoms with van der Waals surface area (Å²) in [7, 11) is -3.29. The van der Waals surface area contributed by atoms with Gasteiger partial charge in [-0.15, -0.1) is 0 Å². The van der Waals surface area contributed by atoms with Crippen LogP contribution in [0.15, 0.2) is 64.7 Å². The number of hydrogen-bond donors (Lipinski definition) is 1. The SMILES string of the molecule is CS(=O)(=O)c1cccc(/C=N/Nc2cc(N3CCOCC3)nc(OCCc3ccccn3)n2)c1. The van der Waals surface area contributed by atoms with E-state index in [1.165, 1.54) is 12.5 Å². The number of benzene rings is 1. The zero-order valence-electron chi connectivity index (χ0n) is 18.8. The average Bonchev–Trinajstić information content (AvgIpc) is 2.85. The minimum atomic E-state index is -3.29. The molecule has 1 aromatic carbocycles. The van der Waals surface area contributed by atoms with E-state index in [4.69, 9.17) is 9.47 Å². The molecule has 4 rings (SSSR count). The van der Waals surface area contributed by atoms with E-state index in [1.54, 1.807) is 36.5 Å². The molecule has 1 fully saturated rings. The van der Waals surface area contributed by atoms with Crippen LogP contribution in [0.4, 0.5) is 11.6 Å². The molecular weight excluding hydrogens is 456 g/mol. The van der Waals surface area contributed by atoms with Gasteiger partial charge in [0.1, 0.15) is 5.82 Å². The Bertz CT molecular complexity index is 1230. The molecule has 0 atom stereocenters. The monoisotopic (exact) mass is 482 g/mol. The van der Waals surface area contributed by atoms with Crippen molar-refractivity contribution in [2.24, 2.45) is 5.10 Å². The topological polar surface area (TPSA) is 119 Å². The number of pyridine rings is 1. The van der Waals surface area contributed by atoms with Gasteiger partial charge in [0.15, 0.2) is 15.7 Å². The quantitative estimate of drug-likeness (QED) is 0.361. The van der Waals surface area contributed by atoms with Gasteiger partial charge in [-0.1, -0.05) is 18.2 Å². The maximum Gasteiger partial charge on any atom is 0.320 e. The number of rotatable bonds is 9. The summed E-state index contributed by atoms with van der Waals surface area (Å²) in [6.07, 6.45) is 5.08. The second kappa shape index (κ2) is 11.0. The Morgan fingerprint density at radius 3 is 2.76 bits per heavy atom. The Balaban J connectivity index is 1.48. The van der Waals surface area contributed by atoms with Crippen LogP contribution in [-0.2, 0) is 21.0 Å². The Morgan fingerprint density at radius 2 is 2.00 bits per heavy atom. The lowest BCUT2D eigenvalue weighted by molar-refractivity contribution is 0.122. The van der Waals surface area contributed by atoms with E-state index in [1.807, 2.05) is 18.2 Å². The van der Waals surface area contributed by atoms with Crippen LogP contribution in [-0.4, -0.2) is 68.8 Å². The van der Waals surface area contributed by atoms with Crippen molar-refractivity contribution in [2.75, 3.05) is 49.5 Å². The third-order valence-corrected chi connectivity index (χ3v) is 6.13. The Morgan fingerprint density at radius 1 is 1.15 bits per heavy atom.